The second kappa shape index (κ2) is 4.65. The normalized spacial score (nSPS) is 37.8. The number of nitrogens with zero attached hydrogens (tertiary/aromatic N) is 3. The summed E-state index contributed by atoms with van der Waals surface area (Å²) in [7, 11) is 1.55. The van der Waals surface area contributed by atoms with Crippen LogP contribution in [0.3, 0.4) is 0 Å². The van der Waals surface area contributed by atoms with Gasteiger partial charge in [0.2, 0.25) is 11.8 Å². The molecule has 2 saturated carbocycles. The Kier molecular flexibility index (Phi) is 2.71. The van der Waals surface area contributed by atoms with Crippen LogP contribution in [0.25, 0.3) is 0 Å². The summed E-state index contributed by atoms with van der Waals surface area (Å²) in [6.45, 7) is 0. The number of hydrogen-bond acceptors (Lipinski definition) is 6. The second-order valence-electron chi connectivity index (χ2n) is 7.23. The Morgan fingerprint density at radius 1 is 1.12 bits per heavy atom. The standard InChI is InChI=1S/C17H15N3O5/c1-19-16(21)11-9-6-10(12(11)17(19)22)15-13(9)14(18-25-15)7-2-4-8(5-3-7)20(23)24/h2-5,9-13,15H,6H2,1H3/t9-,10-,11-,12-,13-,15+/m1/s1. The van der Waals surface area contributed by atoms with Crippen molar-refractivity contribution in [3.63, 3.8) is 0 Å². The molecule has 5 rings (SSSR count). The number of nitro groups is 1. The summed E-state index contributed by atoms with van der Waals surface area (Å²) in [5.74, 6) is -0.748. The molecule has 8 heteroatoms. The lowest BCUT2D eigenvalue weighted by molar-refractivity contribution is -0.384. The number of likely N-dealkylation sites (tertiary alicyclic amines) is 1. The molecule has 1 aromatic carbocycles. The number of benzene rings is 1. The fourth-order valence-electron chi connectivity index (χ4n) is 5.27. The van der Waals surface area contributed by atoms with Crippen LogP contribution in [-0.2, 0) is 14.4 Å². The number of oxime groups is 1. The van der Waals surface area contributed by atoms with Crippen molar-refractivity contribution in [2.45, 2.75) is 12.5 Å². The molecule has 0 unspecified atom stereocenters. The van der Waals surface area contributed by atoms with Gasteiger partial charge in [-0.25, -0.2) is 0 Å². The number of carbonyl (C=O) groups is 2. The molecule has 2 bridgehead atoms. The Balaban J connectivity index is 1.49. The van der Waals surface area contributed by atoms with Gasteiger partial charge in [0.1, 0.15) is 6.10 Å². The molecule has 2 heterocycles. The highest BCUT2D eigenvalue weighted by molar-refractivity contribution is 6.08. The first-order valence-electron chi connectivity index (χ1n) is 8.29. The minimum absolute atomic E-state index is 0.0145. The van der Waals surface area contributed by atoms with Gasteiger partial charge >= 0.3 is 0 Å². The maximum absolute atomic E-state index is 12.5. The van der Waals surface area contributed by atoms with Gasteiger partial charge in [-0.1, -0.05) is 5.16 Å². The SMILES string of the molecule is CN1C(=O)[C@@H]2[C@H]3C[C@@H]([C@@H]4ON=C(c5ccc([N+](=O)[O-])cc5)[C@@H]34)[C@H]2C1=O. The number of non-ortho nitro benzene ring substituents is 1. The van der Waals surface area contributed by atoms with E-state index in [9.17, 15) is 19.7 Å². The lowest BCUT2D eigenvalue weighted by atomic mass is 9.71. The maximum Gasteiger partial charge on any atom is 0.269 e. The van der Waals surface area contributed by atoms with Crippen molar-refractivity contribution in [3.8, 4) is 0 Å². The van der Waals surface area contributed by atoms with E-state index >= 15 is 0 Å². The van der Waals surface area contributed by atoms with Crippen LogP contribution in [0.2, 0.25) is 0 Å². The van der Waals surface area contributed by atoms with E-state index in [1.54, 1.807) is 19.2 Å². The van der Waals surface area contributed by atoms with Crippen LogP contribution in [0, 0.1) is 39.7 Å². The molecular formula is C17H15N3O5. The quantitative estimate of drug-likeness (QED) is 0.457. The second-order valence-corrected chi connectivity index (χ2v) is 7.23. The van der Waals surface area contributed by atoms with Crippen LogP contribution < -0.4 is 0 Å². The Morgan fingerprint density at radius 2 is 1.76 bits per heavy atom. The van der Waals surface area contributed by atoms with E-state index < -0.39 is 4.92 Å². The first kappa shape index (κ1) is 14.6. The third-order valence-corrected chi connectivity index (χ3v) is 6.28. The Hall–Kier alpha value is -2.77. The highest BCUT2D eigenvalue weighted by atomic mass is 16.6. The molecule has 0 radical (unpaired) electrons. The summed E-state index contributed by atoms with van der Waals surface area (Å²) in [5, 5.41) is 15.0. The smallest absolute Gasteiger partial charge is 0.269 e. The van der Waals surface area contributed by atoms with E-state index in [2.05, 4.69) is 5.16 Å². The average Bonchev–Trinajstić information content (AvgIpc) is 3.33. The van der Waals surface area contributed by atoms with Gasteiger partial charge in [-0.05, 0) is 24.5 Å². The molecule has 4 aliphatic rings. The van der Waals surface area contributed by atoms with Crippen LogP contribution in [0.1, 0.15) is 12.0 Å². The molecule has 25 heavy (non-hydrogen) atoms. The zero-order chi connectivity index (χ0) is 17.5. The van der Waals surface area contributed by atoms with Crippen molar-refractivity contribution < 1.29 is 19.3 Å². The number of carbonyl (C=O) groups excluding carboxylic acids is 2. The third kappa shape index (κ3) is 1.69. The number of hydrogen-bond donors (Lipinski definition) is 0. The van der Waals surface area contributed by atoms with Gasteiger partial charge in [-0.2, -0.15) is 0 Å². The first-order chi connectivity index (χ1) is 12.0. The monoisotopic (exact) mass is 341 g/mol. The molecule has 1 aromatic rings. The van der Waals surface area contributed by atoms with Gasteiger partial charge in [0, 0.05) is 36.6 Å². The molecule has 0 N–H and O–H groups in total. The van der Waals surface area contributed by atoms with Gasteiger partial charge in [-0.15, -0.1) is 0 Å². The first-order valence-corrected chi connectivity index (χ1v) is 8.29. The molecule has 2 aliphatic carbocycles. The highest BCUT2D eigenvalue weighted by Crippen LogP contribution is 2.61. The Morgan fingerprint density at radius 3 is 2.40 bits per heavy atom. The fraction of sp³-hybridized carbons (Fsp3) is 0.471. The summed E-state index contributed by atoms with van der Waals surface area (Å²) < 4.78 is 0. The van der Waals surface area contributed by atoms with Crippen molar-refractivity contribution >= 4 is 23.2 Å². The number of amides is 2. The van der Waals surface area contributed by atoms with E-state index in [4.69, 9.17) is 4.84 Å². The molecule has 8 nitrogen and oxygen atoms in total. The molecule has 128 valence electrons. The van der Waals surface area contributed by atoms with E-state index in [1.165, 1.54) is 17.0 Å². The van der Waals surface area contributed by atoms with Crippen molar-refractivity contribution in [3.05, 3.63) is 39.9 Å². The number of nitro benzene ring substituents is 1. The summed E-state index contributed by atoms with van der Waals surface area (Å²) in [5.41, 5.74) is 1.53. The maximum atomic E-state index is 12.5. The van der Waals surface area contributed by atoms with Crippen LogP contribution >= 0.6 is 0 Å². The van der Waals surface area contributed by atoms with Crippen LogP contribution in [0.15, 0.2) is 29.4 Å². The van der Waals surface area contributed by atoms with Gasteiger partial charge in [0.25, 0.3) is 5.69 Å². The Labute approximate surface area is 142 Å². The predicted octanol–water partition coefficient (Wildman–Crippen LogP) is 1.19. The summed E-state index contributed by atoms with van der Waals surface area (Å²) in [6, 6.07) is 6.22. The van der Waals surface area contributed by atoms with Crippen LogP contribution in [-0.4, -0.2) is 40.5 Å². The number of imide groups is 1. The fourth-order valence-corrected chi connectivity index (χ4v) is 5.27. The zero-order valence-electron chi connectivity index (χ0n) is 13.4. The van der Waals surface area contributed by atoms with Crippen LogP contribution in [0.4, 0.5) is 5.69 Å². The van der Waals surface area contributed by atoms with Gasteiger partial charge < -0.3 is 4.84 Å². The molecule has 0 aromatic heterocycles. The molecule has 1 saturated heterocycles. The number of rotatable bonds is 2. The largest absolute Gasteiger partial charge is 0.391 e. The number of fused-ring (bicyclic) bond motifs is 8. The third-order valence-electron chi connectivity index (χ3n) is 6.28. The lowest BCUT2D eigenvalue weighted by Crippen LogP contribution is -2.41. The Bertz CT molecular complexity index is 848. The van der Waals surface area contributed by atoms with Gasteiger partial charge in [-0.3, -0.25) is 24.6 Å². The van der Waals surface area contributed by atoms with Gasteiger partial charge in [0.15, 0.2) is 0 Å². The minimum Gasteiger partial charge on any atom is -0.391 e. The van der Waals surface area contributed by atoms with Crippen molar-refractivity contribution in [1.82, 2.24) is 4.90 Å². The molecule has 6 atom stereocenters. The summed E-state index contributed by atoms with van der Waals surface area (Å²) in [4.78, 5) is 42.1. The molecule has 2 aliphatic heterocycles. The van der Waals surface area contributed by atoms with E-state index in [-0.39, 0.29) is 53.2 Å². The topological polar surface area (TPSA) is 102 Å². The molecule has 3 fully saturated rings. The highest BCUT2D eigenvalue weighted by Gasteiger charge is 2.69. The van der Waals surface area contributed by atoms with Gasteiger partial charge in [0.05, 0.1) is 22.5 Å². The van der Waals surface area contributed by atoms with Crippen molar-refractivity contribution in [2.75, 3.05) is 7.05 Å². The van der Waals surface area contributed by atoms with Crippen molar-refractivity contribution in [1.29, 1.82) is 0 Å². The average molecular weight is 341 g/mol. The van der Waals surface area contributed by atoms with E-state index in [0.29, 0.717) is 0 Å². The van der Waals surface area contributed by atoms with E-state index in [1.807, 2.05) is 0 Å². The van der Waals surface area contributed by atoms with Crippen molar-refractivity contribution in [2.24, 2.45) is 34.7 Å². The molecule has 2 amide bonds. The zero-order valence-corrected chi connectivity index (χ0v) is 13.4. The summed E-state index contributed by atoms with van der Waals surface area (Å²) >= 11 is 0. The molecule has 0 spiro atoms. The summed E-state index contributed by atoms with van der Waals surface area (Å²) in [6.07, 6.45) is 0.613. The lowest BCUT2D eigenvalue weighted by Gasteiger charge is -2.29. The van der Waals surface area contributed by atoms with E-state index in [0.717, 1.165) is 17.7 Å². The predicted molar refractivity (Wildman–Crippen MR) is 84.4 cm³/mol. The minimum atomic E-state index is -0.444. The van der Waals surface area contributed by atoms with Crippen LogP contribution in [0.5, 0.6) is 0 Å². The molecular weight excluding hydrogens is 326 g/mol.